The summed E-state index contributed by atoms with van der Waals surface area (Å²) in [5, 5.41) is 2.60. The molecule has 0 heterocycles. The van der Waals surface area contributed by atoms with Crippen LogP contribution in [-0.2, 0) is 14.3 Å². The van der Waals surface area contributed by atoms with Crippen molar-refractivity contribution in [1.29, 1.82) is 0 Å². The van der Waals surface area contributed by atoms with Gasteiger partial charge in [0.2, 0.25) is 6.10 Å². The van der Waals surface area contributed by atoms with Crippen LogP contribution >= 0.6 is 0 Å². The number of ether oxygens (including phenoxy) is 2. The Bertz CT molecular complexity index is 1000. The first kappa shape index (κ1) is 20.7. The molecule has 0 unspecified atom stereocenters. The molecule has 3 rings (SSSR count). The van der Waals surface area contributed by atoms with Gasteiger partial charge in [0.05, 0.1) is 0 Å². The second-order valence-electron chi connectivity index (χ2n) is 6.25. The second kappa shape index (κ2) is 9.97. The number of carbonyl (C=O) groups excluding carboxylic acids is 3. The maximum absolute atomic E-state index is 13.1. The van der Waals surface area contributed by atoms with E-state index in [1.54, 1.807) is 54.6 Å². The van der Waals surface area contributed by atoms with Gasteiger partial charge in [-0.3, -0.25) is 9.59 Å². The smallest absolute Gasteiger partial charge is 0.345 e. The highest BCUT2D eigenvalue weighted by Gasteiger charge is 2.25. The Balaban J connectivity index is 1.67. The van der Waals surface area contributed by atoms with Crippen molar-refractivity contribution in [1.82, 2.24) is 0 Å². The molecule has 0 aliphatic heterocycles. The third-order valence-corrected chi connectivity index (χ3v) is 4.07. The molecule has 0 fully saturated rings. The van der Waals surface area contributed by atoms with Crippen LogP contribution in [0.15, 0.2) is 78.9 Å². The van der Waals surface area contributed by atoms with Crippen LogP contribution in [0.4, 0.5) is 10.1 Å². The first-order chi connectivity index (χ1) is 14.5. The van der Waals surface area contributed by atoms with E-state index in [-0.39, 0.29) is 0 Å². The summed E-state index contributed by atoms with van der Waals surface area (Å²) in [5.41, 5.74) is 1.32. The normalized spacial score (nSPS) is 11.2. The van der Waals surface area contributed by atoms with Crippen LogP contribution in [0.3, 0.4) is 0 Å². The van der Waals surface area contributed by atoms with Gasteiger partial charge in [0.1, 0.15) is 17.9 Å². The first-order valence-electron chi connectivity index (χ1n) is 9.04. The number of esters is 1. The van der Waals surface area contributed by atoms with Crippen LogP contribution in [0.2, 0.25) is 0 Å². The largest absolute Gasteiger partial charge is 0.482 e. The van der Waals surface area contributed by atoms with Crippen molar-refractivity contribution in [3.63, 3.8) is 0 Å². The average Bonchev–Trinajstić information content (AvgIpc) is 2.78. The first-order valence-corrected chi connectivity index (χ1v) is 9.04. The van der Waals surface area contributed by atoms with Crippen LogP contribution in [0.25, 0.3) is 0 Å². The molecular formula is C23H18FNO5. The van der Waals surface area contributed by atoms with E-state index in [2.05, 4.69) is 5.32 Å². The van der Waals surface area contributed by atoms with Gasteiger partial charge in [-0.15, -0.1) is 0 Å². The lowest BCUT2D eigenvalue weighted by Crippen LogP contribution is -2.28. The number of amides is 1. The molecular weight excluding hydrogens is 389 g/mol. The van der Waals surface area contributed by atoms with Crippen molar-refractivity contribution in [3.05, 3.63) is 95.8 Å². The van der Waals surface area contributed by atoms with Crippen molar-refractivity contribution in [2.24, 2.45) is 0 Å². The maximum atomic E-state index is 13.1. The minimum Gasteiger partial charge on any atom is -0.482 e. The van der Waals surface area contributed by atoms with Gasteiger partial charge in [-0.2, -0.15) is 0 Å². The van der Waals surface area contributed by atoms with E-state index in [1.165, 1.54) is 24.3 Å². The van der Waals surface area contributed by atoms with Crippen LogP contribution in [0, 0.1) is 5.82 Å². The zero-order chi connectivity index (χ0) is 21.3. The minimum absolute atomic E-state index is 0.366. The molecule has 0 spiro atoms. The zero-order valence-electron chi connectivity index (χ0n) is 15.8. The Morgan fingerprint density at radius 2 is 1.60 bits per heavy atom. The van der Waals surface area contributed by atoms with Crippen molar-refractivity contribution >= 4 is 23.9 Å². The fraction of sp³-hybridized carbons (Fsp3) is 0.0870. The van der Waals surface area contributed by atoms with Gasteiger partial charge >= 0.3 is 5.97 Å². The van der Waals surface area contributed by atoms with Crippen LogP contribution in [0.1, 0.15) is 22.0 Å². The number of halogens is 1. The number of hydrogen-bond acceptors (Lipinski definition) is 5. The second-order valence-corrected chi connectivity index (χ2v) is 6.25. The lowest BCUT2D eigenvalue weighted by atomic mass is 10.1. The Kier molecular flexibility index (Phi) is 6.89. The third-order valence-electron chi connectivity index (χ3n) is 4.07. The Hall–Kier alpha value is -4.00. The van der Waals surface area contributed by atoms with Gasteiger partial charge in [-0.25, -0.2) is 9.18 Å². The summed E-state index contributed by atoms with van der Waals surface area (Å²) in [4.78, 5) is 35.7. The highest BCUT2D eigenvalue weighted by molar-refractivity contribution is 5.96. The molecule has 0 aliphatic carbocycles. The topological polar surface area (TPSA) is 81.7 Å². The van der Waals surface area contributed by atoms with E-state index in [9.17, 15) is 18.8 Å². The summed E-state index contributed by atoms with van der Waals surface area (Å²) < 4.78 is 23.8. The van der Waals surface area contributed by atoms with Crippen LogP contribution < -0.4 is 10.1 Å². The maximum Gasteiger partial charge on any atom is 0.345 e. The summed E-state index contributed by atoms with van der Waals surface area (Å²) in [6, 6.07) is 19.9. The highest BCUT2D eigenvalue weighted by Crippen LogP contribution is 2.21. The number of anilines is 1. The minimum atomic E-state index is -1.22. The van der Waals surface area contributed by atoms with E-state index in [1.807, 2.05) is 0 Å². The molecule has 1 N–H and O–H groups in total. The van der Waals surface area contributed by atoms with Crippen molar-refractivity contribution in [2.45, 2.75) is 6.10 Å². The van der Waals surface area contributed by atoms with E-state index >= 15 is 0 Å². The highest BCUT2D eigenvalue weighted by atomic mass is 19.1. The summed E-state index contributed by atoms with van der Waals surface area (Å²) in [5.74, 6) is -1.39. The van der Waals surface area contributed by atoms with Gasteiger partial charge in [0.25, 0.3) is 5.91 Å². The predicted octanol–water partition coefficient (Wildman–Crippen LogP) is 3.94. The standard InChI is InChI=1S/C23H18FNO5/c24-18-8-10-19(11-9-18)25-23(28)22(17-4-2-1-3-5-17)30-21(27)15-29-20-12-6-16(14-26)7-13-20/h1-14,22H,15H2,(H,25,28)/t22-/m1/s1. The van der Waals surface area contributed by atoms with E-state index in [0.717, 1.165) is 0 Å². The summed E-state index contributed by atoms with van der Waals surface area (Å²) >= 11 is 0. The van der Waals surface area contributed by atoms with Gasteiger partial charge in [-0.05, 0) is 48.5 Å². The van der Waals surface area contributed by atoms with Gasteiger partial charge in [0.15, 0.2) is 6.61 Å². The molecule has 1 atom stereocenters. The molecule has 152 valence electrons. The predicted molar refractivity (Wildman–Crippen MR) is 108 cm³/mol. The Labute approximate surface area is 172 Å². The molecule has 0 saturated heterocycles. The van der Waals surface area contributed by atoms with E-state index < -0.39 is 30.4 Å². The number of rotatable bonds is 8. The molecule has 3 aromatic carbocycles. The van der Waals surface area contributed by atoms with Crippen molar-refractivity contribution in [2.75, 3.05) is 11.9 Å². The number of aldehydes is 1. The number of benzene rings is 3. The lowest BCUT2D eigenvalue weighted by Gasteiger charge is -2.18. The van der Waals surface area contributed by atoms with Crippen LogP contribution in [0.5, 0.6) is 5.75 Å². The van der Waals surface area contributed by atoms with E-state index in [0.29, 0.717) is 28.8 Å². The van der Waals surface area contributed by atoms with E-state index in [4.69, 9.17) is 9.47 Å². The molecule has 0 aliphatic rings. The fourth-order valence-corrected chi connectivity index (χ4v) is 2.59. The molecule has 6 nitrogen and oxygen atoms in total. The monoisotopic (exact) mass is 407 g/mol. The summed E-state index contributed by atoms with van der Waals surface area (Å²) in [6.45, 7) is -0.423. The molecule has 3 aromatic rings. The number of nitrogens with one attached hydrogen (secondary N) is 1. The molecule has 7 heteroatoms. The lowest BCUT2D eigenvalue weighted by molar-refractivity contribution is -0.156. The average molecular weight is 407 g/mol. The van der Waals surface area contributed by atoms with Crippen LogP contribution in [-0.4, -0.2) is 24.8 Å². The van der Waals surface area contributed by atoms with Gasteiger partial charge < -0.3 is 14.8 Å². The molecule has 0 saturated carbocycles. The third kappa shape index (κ3) is 5.75. The van der Waals surface area contributed by atoms with Gasteiger partial charge in [0, 0.05) is 16.8 Å². The van der Waals surface area contributed by atoms with Gasteiger partial charge in [-0.1, -0.05) is 30.3 Å². The molecule has 1 amide bonds. The van der Waals surface area contributed by atoms with Crippen molar-refractivity contribution in [3.8, 4) is 5.75 Å². The SMILES string of the molecule is O=Cc1ccc(OCC(=O)O[C@@H](C(=O)Nc2ccc(F)cc2)c2ccccc2)cc1. The fourth-order valence-electron chi connectivity index (χ4n) is 2.59. The number of carbonyl (C=O) groups is 3. The van der Waals surface area contributed by atoms with Crippen molar-refractivity contribution < 1.29 is 28.2 Å². The molecule has 0 radical (unpaired) electrons. The summed E-state index contributed by atoms with van der Waals surface area (Å²) in [6.07, 6.45) is -0.521. The quantitative estimate of drug-likeness (QED) is 0.452. The molecule has 30 heavy (non-hydrogen) atoms. The Morgan fingerprint density at radius 3 is 2.23 bits per heavy atom. The zero-order valence-corrected chi connectivity index (χ0v) is 15.8. The molecule has 0 aromatic heterocycles. The Morgan fingerprint density at radius 1 is 0.933 bits per heavy atom. The molecule has 0 bridgehead atoms. The number of hydrogen-bond donors (Lipinski definition) is 1. The summed E-state index contributed by atoms with van der Waals surface area (Å²) in [7, 11) is 0.